The van der Waals surface area contributed by atoms with Gasteiger partial charge in [0.1, 0.15) is 13.2 Å². The molecular formula is C8H18ClNO2. The highest BCUT2D eigenvalue weighted by molar-refractivity contribution is 5.76. The van der Waals surface area contributed by atoms with Gasteiger partial charge in [-0.1, -0.05) is 0 Å². The van der Waals surface area contributed by atoms with E-state index in [1.165, 1.54) is 6.92 Å². The lowest BCUT2D eigenvalue weighted by Crippen LogP contribution is -3.00. The number of carbonyl (C=O) groups is 1. The average Bonchev–Trinajstić information content (AvgIpc) is 1.78. The summed E-state index contributed by atoms with van der Waals surface area (Å²) in [6, 6.07) is 0. The predicted molar refractivity (Wildman–Crippen MR) is 44.4 cm³/mol. The minimum atomic E-state index is 0. The largest absolute Gasteiger partial charge is 1.00 e. The summed E-state index contributed by atoms with van der Waals surface area (Å²) in [7, 11) is 6.28. The number of ketones is 1. The van der Waals surface area contributed by atoms with E-state index in [2.05, 4.69) is 21.1 Å². The van der Waals surface area contributed by atoms with Crippen LogP contribution in [0.4, 0.5) is 0 Å². The molecule has 0 saturated heterocycles. The molecule has 0 aromatic carbocycles. The molecule has 0 saturated carbocycles. The van der Waals surface area contributed by atoms with Gasteiger partial charge in [-0.05, 0) is 6.92 Å². The van der Waals surface area contributed by atoms with Crippen molar-refractivity contribution in [1.29, 1.82) is 0 Å². The maximum Gasteiger partial charge on any atom is 0.155 e. The molecule has 0 bridgehead atoms. The van der Waals surface area contributed by atoms with Crippen LogP contribution in [0.1, 0.15) is 6.92 Å². The lowest BCUT2D eigenvalue weighted by Gasteiger charge is -2.23. The summed E-state index contributed by atoms with van der Waals surface area (Å²) in [5.74, 6) is 0.0893. The molecule has 0 heterocycles. The molecule has 3 nitrogen and oxygen atoms in total. The van der Waals surface area contributed by atoms with Crippen LogP contribution in [0, 0.1) is 0 Å². The molecule has 0 aromatic heterocycles. The molecule has 0 unspecified atom stereocenters. The highest BCUT2D eigenvalue weighted by atomic mass is 35.5. The first kappa shape index (κ1) is 14.4. The molecule has 0 radical (unpaired) electrons. The Hall–Kier alpha value is -0.120. The molecule has 4 heteroatoms. The van der Waals surface area contributed by atoms with E-state index >= 15 is 0 Å². The van der Waals surface area contributed by atoms with E-state index in [1.54, 1.807) is 0 Å². The maximum absolute atomic E-state index is 10.4. The van der Waals surface area contributed by atoms with E-state index in [1.807, 2.05) is 0 Å². The monoisotopic (exact) mass is 195 g/mol. The van der Waals surface area contributed by atoms with Gasteiger partial charge in [0, 0.05) is 0 Å². The highest BCUT2D eigenvalue weighted by Gasteiger charge is 2.05. The molecule has 0 aromatic rings. The smallest absolute Gasteiger partial charge is 0.155 e. The van der Waals surface area contributed by atoms with Crippen molar-refractivity contribution in [2.24, 2.45) is 0 Å². The second-order valence-electron chi connectivity index (χ2n) is 3.77. The van der Waals surface area contributed by atoms with E-state index in [0.29, 0.717) is 6.61 Å². The zero-order valence-electron chi connectivity index (χ0n) is 8.26. The summed E-state index contributed by atoms with van der Waals surface area (Å²) in [6.45, 7) is 3.38. The molecule has 12 heavy (non-hydrogen) atoms. The topological polar surface area (TPSA) is 26.3 Å². The standard InChI is InChI=1S/C8H18NO2.ClH/c1-8(10)7-11-6-5-9(2,3)4;/h5-7H2,1-4H3;1H/q+1;/p-1. The SMILES string of the molecule is CC(=O)COCC[N+](C)(C)C.[Cl-]. The zero-order chi connectivity index (χ0) is 8.91. The second kappa shape index (κ2) is 6.40. The Labute approximate surface area is 80.7 Å². The van der Waals surface area contributed by atoms with Gasteiger partial charge in [-0.3, -0.25) is 4.79 Å². The van der Waals surface area contributed by atoms with E-state index in [9.17, 15) is 4.79 Å². The fourth-order valence-electron chi connectivity index (χ4n) is 0.554. The first-order valence-corrected chi connectivity index (χ1v) is 3.79. The summed E-state index contributed by atoms with van der Waals surface area (Å²) in [5, 5.41) is 0. The van der Waals surface area contributed by atoms with Gasteiger partial charge in [0.15, 0.2) is 5.78 Å². The Morgan fingerprint density at radius 1 is 1.33 bits per heavy atom. The van der Waals surface area contributed by atoms with Gasteiger partial charge in [-0.15, -0.1) is 0 Å². The first-order chi connectivity index (χ1) is 4.92. The quantitative estimate of drug-likeness (QED) is 0.353. The number of ether oxygens (including phenoxy) is 1. The third kappa shape index (κ3) is 12.5. The number of nitrogens with zero attached hydrogens (tertiary/aromatic N) is 1. The number of hydrogen-bond acceptors (Lipinski definition) is 2. The van der Waals surface area contributed by atoms with Crippen LogP contribution >= 0.6 is 0 Å². The summed E-state index contributed by atoms with van der Waals surface area (Å²) in [4.78, 5) is 10.4. The van der Waals surface area contributed by atoms with Gasteiger partial charge < -0.3 is 21.6 Å². The molecule has 0 aliphatic carbocycles. The number of Topliss-reactive ketones (excluding diaryl/α,β-unsaturated/α-hetero) is 1. The van der Waals surface area contributed by atoms with Crippen molar-refractivity contribution in [3.05, 3.63) is 0 Å². The van der Waals surface area contributed by atoms with E-state index in [-0.39, 0.29) is 24.8 Å². The lowest BCUT2D eigenvalue weighted by molar-refractivity contribution is -0.870. The number of likely N-dealkylation sites (N-methyl/N-ethyl adjacent to an activating group) is 1. The number of halogens is 1. The summed E-state index contributed by atoms with van der Waals surface area (Å²) < 4.78 is 5.98. The van der Waals surface area contributed by atoms with E-state index < -0.39 is 0 Å². The van der Waals surface area contributed by atoms with Crippen molar-refractivity contribution < 1.29 is 26.4 Å². The third-order valence-electron chi connectivity index (χ3n) is 1.21. The molecular weight excluding hydrogens is 178 g/mol. The molecule has 0 rings (SSSR count). The molecule has 74 valence electrons. The Bertz CT molecular complexity index is 132. The van der Waals surface area contributed by atoms with Gasteiger partial charge in [0.2, 0.25) is 0 Å². The molecule has 0 spiro atoms. The second-order valence-corrected chi connectivity index (χ2v) is 3.77. The van der Waals surface area contributed by atoms with Crippen LogP contribution in [-0.2, 0) is 9.53 Å². The van der Waals surface area contributed by atoms with Crippen LogP contribution in [0.3, 0.4) is 0 Å². The van der Waals surface area contributed by atoms with Gasteiger partial charge in [0.25, 0.3) is 0 Å². The van der Waals surface area contributed by atoms with Crippen molar-refractivity contribution in [1.82, 2.24) is 0 Å². The van der Waals surface area contributed by atoms with Crippen molar-refractivity contribution in [3.63, 3.8) is 0 Å². The average molecular weight is 196 g/mol. The third-order valence-corrected chi connectivity index (χ3v) is 1.21. The van der Waals surface area contributed by atoms with E-state index in [4.69, 9.17) is 4.74 Å². The van der Waals surface area contributed by atoms with Crippen molar-refractivity contribution in [3.8, 4) is 0 Å². The maximum atomic E-state index is 10.4. The van der Waals surface area contributed by atoms with Gasteiger partial charge in [0.05, 0.1) is 27.7 Å². The van der Waals surface area contributed by atoms with Crippen LogP contribution in [0.2, 0.25) is 0 Å². The van der Waals surface area contributed by atoms with Crippen LogP contribution in [-0.4, -0.2) is 51.2 Å². The molecule has 0 aliphatic rings. The van der Waals surface area contributed by atoms with E-state index in [0.717, 1.165) is 11.0 Å². The Morgan fingerprint density at radius 3 is 2.17 bits per heavy atom. The number of quaternary nitrogens is 1. The first-order valence-electron chi connectivity index (χ1n) is 3.79. The summed E-state index contributed by atoms with van der Waals surface area (Å²) in [5.41, 5.74) is 0. The summed E-state index contributed by atoms with van der Waals surface area (Å²) in [6.07, 6.45) is 0. The van der Waals surface area contributed by atoms with Crippen molar-refractivity contribution >= 4 is 5.78 Å². The van der Waals surface area contributed by atoms with Crippen LogP contribution in [0.5, 0.6) is 0 Å². The van der Waals surface area contributed by atoms with Gasteiger partial charge in [-0.2, -0.15) is 0 Å². The number of carbonyl (C=O) groups excluding carboxylic acids is 1. The van der Waals surface area contributed by atoms with Crippen LogP contribution in [0.25, 0.3) is 0 Å². The number of rotatable bonds is 5. The highest BCUT2D eigenvalue weighted by Crippen LogP contribution is 1.89. The lowest BCUT2D eigenvalue weighted by atomic mass is 10.5. The minimum Gasteiger partial charge on any atom is -1.00 e. The predicted octanol–water partition coefficient (Wildman–Crippen LogP) is -2.70. The zero-order valence-corrected chi connectivity index (χ0v) is 9.02. The Morgan fingerprint density at radius 2 is 1.83 bits per heavy atom. The minimum absolute atomic E-state index is 0. The Kier molecular flexibility index (Phi) is 7.69. The van der Waals surface area contributed by atoms with Gasteiger partial charge in [-0.25, -0.2) is 0 Å². The molecule has 0 N–H and O–H groups in total. The van der Waals surface area contributed by atoms with Crippen molar-refractivity contribution in [2.75, 3.05) is 40.9 Å². The Balaban J connectivity index is 0. The molecule has 0 amide bonds. The summed E-state index contributed by atoms with van der Waals surface area (Å²) >= 11 is 0. The fourth-order valence-corrected chi connectivity index (χ4v) is 0.554. The molecule has 0 fully saturated rings. The normalized spacial score (nSPS) is 10.7. The number of hydrogen-bond donors (Lipinski definition) is 0. The van der Waals surface area contributed by atoms with Crippen molar-refractivity contribution in [2.45, 2.75) is 6.92 Å². The van der Waals surface area contributed by atoms with Gasteiger partial charge >= 0.3 is 0 Å². The molecule has 0 aliphatic heterocycles. The van der Waals surface area contributed by atoms with Crippen LogP contribution in [0.15, 0.2) is 0 Å². The van der Waals surface area contributed by atoms with Crippen LogP contribution < -0.4 is 12.4 Å². The fraction of sp³-hybridized carbons (Fsp3) is 0.875. The molecule has 0 atom stereocenters.